The zero-order valence-corrected chi connectivity index (χ0v) is 17.6. The average molecular weight is 461 g/mol. The van der Waals surface area contributed by atoms with E-state index in [4.69, 9.17) is 4.74 Å². The van der Waals surface area contributed by atoms with Crippen LogP contribution in [-0.2, 0) is 28.5 Å². The van der Waals surface area contributed by atoms with Crippen molar-refractivity contribution in [2.24, 2.45) is 0 Å². The number of aryl methyl sites for hydroxylation is 1. The van der Waals surface area contributed by atoms with Crippen LogP contribution in [0.5, 0.6) is 0 Å². The zero-order chi connectivity index (χ0) is 22.1. The Bertz CT molecular complexity index is 1030. The lowest BCUT2D eigenvalue weighted by Crippen LogP contribution is -2.24. The van der Waals surface area contributed by atoms with E-state index in [1.54, 1.807) is 6.92 Å². The fourth-order valence-corrected chi connectivity index (χ4v) is 5.07. The molecule has 162 valence electrons. The predicted octanol–water partition coefficient (Wildman–Crippen LogP) is 3.63. The molecule has 0 bridgehead atoms. The number of carbonyl (C=O) groups excluding carboxylic acids is 2. The molecule has 30 heavy (non-hydrogen) atoms. The minimum atomic E-state index is -4.78. The highest BCUT2D eigenvalue weighted by Crippen LogP contribution is 2.40. The van der Waals surface area contributed by atoms with Crippen LogP contribution in [0.2, 0.25) is 0 Å². The monoisotopic (exact) mass is 461 g/mol. The Balaban J connectivity index is 1.78. The molecular formula is C18H18F3N3O4S2. The molecule has 0 aromatic carbocycles. The third-order valence-electron chi connectivity index (χ3n) is 4.31. The summed E-state index contributed by atoms with van der Waals surface area (Å²) < 4.78 is 43.6. The molecule has 2 N–H and O–H groups in total. The Hall–Kier alpha value is -2.34. The zero-order valence-electron chi connectivity index (χ0n) is 16.0. The van der Waals surface area contributed by atoms with Crippen LogP contribution in [0.4, 0.5) is 18.2 Å². The number of alkyl halides is 3. The van der Waals surface area contributed by atoms with Gasteiger partial charge in [0.1, 0.15) is 5.00 Å². The fourth-order valence-electron chi connectivity index (χ4n) is 2.98. The molecule has 0 spiro atoms. The minimum Gasteiger partial charge on any atom is -0.462 e. The number of amides is 1. The smallest absolute Gasteiger partial charge is 0.433 e. The van der Waals surface area contributed by atoms with Gasteiger partial charge in [0.25, 0.3) is 5.56 Å². The van der Waals surface area contributed by atoms with Gasteiger partial charge in [-0.2, -0.15) is 13.2 Å². The molecule has 1 unspecified atom stereocenters. The number of aromatic nitrogens is 2. The summed E-state index contributed by atoms with van der Waals surface area (Å²) in [5.74, 6) is -1.05. The number of rotatable bonds is 6. The van der Waals surface area contributed by atoms with Crippen LogP contribution < -0.4 is 10.9 Å². The van der Waals surface area contributed by atoms with E-state index in [-0.39, 0.29) is 11.8 Å². The summed E-state index contributed by atoms with van der Waals surface area (Å²) in [5.41, 5.74) is -1.09. The number of thioether (sulfide) groups is 1. The molecule has 1 aliphatic rings. The van der Waals surface area contributed by atoms with E-state index in [2.05, 4.69) is 15.3 Å². The summed E-state index contributed by atoms with van der Waals surface area (Å²) in [5, 5.41) is 1.83. The van der Waals surface area contributed by atoms with Gasteiger partial charge in [0.05, 0.1) is 17.4 Å². The van der Waals surface area contributed by atoms with Gasteiger partial charge in [-0.25, -0.2) is 9.78 Å². The van der Waals surface area contributed by atoms with Crippen LogP contribution in [0.15, 0.2) is 16.0 Å². The van der Waals surface area contributed by atoms with E-state index in [0.29, 0.717) is 28.4 Å². The van der Waals surface area contributed by atoms with Gasteiger partial charge in [-0.1, -0.05) is 11.8 Å². The summed E-state index contributed by atoms with van der Waals surface area (Å²) in [4.78, 5) is 43.1. The number of carbonyl (C=O) groups is 2. The first-order valence-corrected chi connectivity index (χ1v) is 10.8. The molecule has 7 nitrogen and oxygen atoms in total. The molecule has 0 radical (unpaired) electrons. The maximum Gasteiger partial charge on any atom is 0.433 e. The molecule has 1 aliphatic carbocycles. The third-order valence-corrected chi connectivity index (χ3v) is 6.50. The highest BCUT2D eigenvalue weighted by Gasteiger charge is 2.34. The molecule has 1 amide bonds. The number of anilines is 1. The number of fused-ring (bicyclic) bond motifs is 1. The summed E-state index contributed by atoms with van der Waals surface area (Å²) in [6.07, 6.45) is -2.33. The first kappa shape index (κ1) is 22.3. The number of esters is 1. The van der Waals surface area contributed by atoms with Gasteiger partial charge in [-0.15, -0.1) is 11.3 Å². The lowest BCUT2D eigenvalue weighted by molar-refractivity contribution is -0.141. The SMILES string of the molecule is CCOC(=O)c1c(NC(=O)C(C)Sc2nc(C(F)(F)F)cc(=O)[nH]2)sc2c1CCC2. The van der Waals surface area contributed by atoms with E-state index in [9.17, 15) is 27.6 Å². The first-order valence-electron chi connectivity index (χ1n) is 9.07. The van der Waals surface area contributed by atoms with Crippen molar-refractivity contribution in [2.45, 2.75) is 49.7 Å². The first-order chi connectivity index (χ1) is 14.1. The lowest BCUT2D eigenvalue weighted by atomic mass is 10.1. The summed E-state index contributed by atoms with van der Waals surface area (Å²) in [6, 6.07) is 0.355. The molecule has 0 saturated heterocycles. The van der Waals surface area contributed by atoms with Crippen molar-refractivity contribution in [1.29, 1.82) is 0 Å². The molecule has 2 aromatic rings. The van der Waals surface area contributed by atoms with Crippen molar-refractivity contribution in [3.05, 3.63) is 38.1 Å². The Morgan fingerprint density at radius 2 is 2.13 bits per heavy atom. The minimum absolute atomic E-state index is 0.192. The Kier molecular flexibility index (Phi) is 6.56. The van der Waals surface area contributed by atoms with Crippen molar-refractivity contribution < 1.29 is 27.5 Å². The number of thiophene rings is 1. The highest BCUT2D eigenvalue weighted by atomic mass is 32.2. The van der Waals surface area contributed by atoms with Crippen molar-refractivity contribution in [3.63, 3.8) is 0 Å². The van der Waals surface area contributed by atoms with Gasteiger partial charge in [-0.3, -0.25) is 9.59 Å². The van der Waals surface area contributed by atoms with Crippen molar-refractivity contribution in [1.82, 2.24) is 9.97 Å². The largest absolute Gasteiger partial charge is 0.462 e. The second kappa shape index (κ2) is 8.80. The molecule has 12 heteroatoms. The van der Waals surface area contributed by atoms with Gasteiger partial charge in [0, 0.05) is 10.9 Å². The highest BCUT2D eigenvalue weighted by molar-refractivity contribution is 8.00. The van der Waals surface area contributed by atoms with Crippen LogP contribution in [0.25, 0.3) is 0 Å². The predicted molar refractivity (Wildman–Crippen MR) is 106 cm³/mol. The van der Waals surface area contributed by atoms with Gasteiger partial charge in [0.15, 0.2) is 10.9 Å². The van der Waals surface area contributed by atoms with E-state index in [1.807, 2.05) is 0 Å². The van der Waals surface area contributed by atoms with Gasteiger partial charge >= 0.3 is 12.1 Å². The topological polar surface area (TPSA) is 101 Å². The summed E-state index contributed by atoms with van der Waals surface area (Å²) in [6.45, 7) is 3.34. The Labute approximate surface area is 177 Å². The van der Waals surface area contributed by atoms with Gasteiger partial charge in [0.2, 0.25) is 5.91 Å². The molecule has 0 fully saturated rings. The quantitative estimate of drug-likeness (QED) is 0.387. The maximum atomic E-state index is 12.8. The molecular weight excluding hydrogens is 443 g/mol. The lowest BCUT2D eigenvalue weighted by Gasteiger charge is -2.13. The van der Waals surface area contributed by atoms with Crippen LogP contribution in [0.3, 0.4) is 0 Å². The fraction of sp³-hybridized carbons (Fsp3) is 0.444. The molecule has 0 saturated carbocycles. The number of nitrogens with zero attached hydrogens (tertiary/aromatic N) is 1. The number of hydrogen-bond acceptors (Lipinski definition) is 7. The van der Waals surface area contributed by atoms with Crippen LogP contribution >= 0.6 is 23.1 Å². The molecule has 0 aliphatic heterocycles. The number of nitrogens with one attached hydrogen (secondary N) is 2. The van der Waals surface area contributed by atoms with Crippen LogP contribution in [0.1, 0.15) is 46.8 Å². The summed E-state index contributed by atoms with van der Waals surface area (Å²) >= 11 is 1.98. The van der Waals surface area contributed by atoms with Crippen LogP contribution in [-0.4, -0.2) is 33.7 Å². The maximum absolute atomic E-state index is 12.8. The van der Waals surface area contributed by atoms with Crippen molar-refractivity contribution in [2.75, 3.05) is 11.9 Å². The average Bonchev–Trinajstić information content (AvgIpc) is 3.21. The van der Waals surface area contributed by atoms with E-state index in [1.165, 1.54) is 18.3 Å². The van der Waals surface area contributed by atoms with Crippen molar-refractivity contribution >= 4 is 40.0 Å². The number of ether oxygens (including phenoxy) is 1. The van der Waals surface area contributed by atoms with Gasteiger partial charge < -0.3 is 15.0 Å². The Morgan fingerprint density at radius 1 is 1.40 bits per heavy atom. The van der Waals surface area contributed by atoms with Gasteiger partial charge in [-0.05, 0) is 38.7 Å². The van der Waals surface area contributed by atoms with Crippen molar-refractivity contribution in [3.8, 4) is 0 Å². The molecule has 1 atom stereocenters. The normalized spacial score (nSPS) is 14.3. The molecule has 2 heterocycles. The number of hydrogen-bond donors (Lipinski definition) is 2. The second-order valence-electron chi connectivity index (χ2n) is 6.46. The van der Waals surface area contributed by atoms with Crippen LogP contribution in [0, 0.1) is 0 Å². The second-order valence-corrected chi connectivity index (χ2v) is 8.90. The van der Waals surface area contributed by atoms with E-state index < -0.39 is 34.6 Å². The Morgan fingerprint density at radius 3 is 2.80 bits per heavy atom. The molecule has 2 aromatic heterocycles. The summed E-state index contributed by atoms with van der Waals surface area (Å²) in [7, 11) is 0. The number of aromatic amines is 1. The third kappa shape index (κ3) is 4.86. The number of halogens is 3. The van der Waals surface area contributed by atoms with E-state index in [0.717, 1.165) is 29.7 Å². The number of H-pyrrole nitrogens is 1. The standard InChI is InChI=1S/C18H18F3N3O4S2/c1-3-28-16(27)13-9-5-4-6-10(9)30-15(13)24-14(26)8(2)29-17-22-11(18(19,20)21)7-12(25)23-17/h7-8H,3-6H2,1-2H3,(H,24,26)(H,22,23,25). The molecule has 3 rings (SSSR count). The van der Waals surface area contributed by atoms with E-state index >= 15 is 0 Å².